The summed E-state index contributed by atoms with van der Waals surface area (Å²) < 4.78 is 0. The SMILES string of the molecule is CC(C)(O)Cc1ccccc1C1(CC(=O)O)CC1. The van der Waals surface area contributed by atoms with Gasteiger partial charge in [-0.1, -0.05) is 24.3 Å². The number of carboxylic acid groups (broad SMARTS) is 1. The molecule has 1 aliphatic rings. The van der Waals surface area contributed by atoms with E-state index in [4.69, 9.17) is 5.11 Å². The molecule has 0 amide bonds. The van der Waals surface area contributed by atoms with Gasteiger partial charge >= 0.3 is 5.97 Å². The van der Waals surface area contributed by atoms with E-state index in [-0.39, 0.29) is 11.8 Å². The van der Waals surface area contributed by atoms with Crippen LogP contribution in [0.1, 0.15) is 44.2 Å². The van der Waals surface area contributed by atoms with Crippen LogP contribution < -0.4 is 0 Å². The lowest BCUT2D eigenvalue weighted by molar-refractivity contribution is -0.137. The maximum Gasteiger partial charge on any atom is 0.304 e. The highest BCUT2D eigenvalue weighted by molar-refractivity contribution is 5.70. The van der Waals surface area contributed by atoms with E-state index >= 15 is 0 Å². The standard InChI is InChI=1S/C15H20O3/c1-14(2,18)9-11-5-3-4-6-12(11)15(7-8-15)10-13(16)17/h3-6,18H,7-10H2,1-2H3,(H,16,17). The van der Waals surface area contributed by atoms with Crippen molar-refractivity contribution in [1.82, 2.24) is 0 Å². The first-order chi connectivity index (χ1) is 8.32. The molecule has 0 heterocycles. The van der Waals surface area contributed by atoms with Gasteiger partial charge in [-0.25, -0.2) is 0 Å². The van der Waals surface area contributed by atoms with E-state index in [0.29, 0.717) is 6.42 Å². The Morgan fingerprint density at radius 2 is 1.94 bits per heavy atom. The van der Waals surface area contributed by atoms with E-state index < -0.39 is 11.6 Å². The van der Waals surface area contributed by atoms with Crippen LogP contribution in [-0.4, -0.2) is 21.8 Å². The number of rotatable bonds is 5. The predicted molar refractivity (Wildman–Crippen MR) is 69.6 cm³/mol. The highest BCUT2D eigenvalue weighted by Crippen LogP contribution is 2.52. The van der Waals surface area contributed by atoms with Crippen LogP contribution in [0.2, 0.25) is 0 Å². The molecule has 1 aromatic carbocycles. The number of hydrogen-bond acceptors (Lipinski definition) is 2. The molecule has 0 atom stereocenters. The van der Waals surface area contributed by atoms with Gasteiger partial charge in [0.2, 0.25) is 0 Å². The van der Waals surface area contributed by atoms with Gasteiger partial charge in [-0.15, -0.1) is 0 Å². The molecule has 1 aliphatic carbocycles. The molecule has 0 unspecified atom stereocenters. The van der Waals surface area contributed by atoms with Gasteiger partial charge < -0.3 is 10.2 Å². The van der Waals surface area contributed by atoms with Gasteiger partial charge in [-0.05, 0) is 37.8 Å². The Bertz CT molecular complexity index is 453. The molecule has 0 aliphatic heterocycles. The van der Waals surface area contributed by atoms with Crippen LogP contribution >= 0.6 is 0 Å². The summed E-state index contributed by atoms with van der Waals surface area (Å²) in [7, 11) is 0. The molecule has 0 bridgehead atoms. The van der Waals surface area contributed by atoms with Gasteiger partial charge in [-0.3, -0.25) is 4.79 Å². The third kappa shape index (κ3) is 2.91. The van der Waals surface area contributed by atoms with Crippen LogP contribution in [-0.2, 0) is 16.6 Å². The van der Waals surface area contributed by atoms with Crippen molar-refractivity contribution in [2.45, 2.75) is 50.5 Å². The van der Waals surface area contributed by atoms with Crippen LogP contribution in [0.15, 0.2) is 24.3 Å². The van der Waals surface area contributed by atoms with E-state index in [1.165, 1.54) is 0 Å². The summed E-state index contributed by atoms with van der Waals surface area (Å²) in [6, 6.07) is 7.90. The molecule has 0 aromatic heterocycles. The van der Waals surface area contributed by atoms with Crippen LogP contribution in [0.25, 0.3) is 0 Å². The number of aliphatic hydroxyl groups is 1. The second-order valence-corrected chi connectivity index (χ2v) is 6.00. The Balaban J connectivity index is 2.31. The first kappa shape index (κ1) is 13.1. The molecule has 98 valence electrons. The molecule has 0 spiro atoms. The van der Waals surface area contributed by atoms with Gasteiger partial charge in [0.15, 0.2) is 0 Å². The monoisotopic (exact) mass is 248 g/mol. The van der Waals surface area contributed by atoms with E-state index in [9.17, 15) is 9.90 Å². The lowest BCUT2D eigenvalue weighted by Crippen LogP contribution is -2.24. The smallest absolute Gasteiger partial charge is 0.304 e. The average Bonchev–Trinajstić information content (AvgIpc) is 2.96. The minimum Gasteiger partial charge on any atom is -0.481 e. The Hall–Kier alpha value is -1.35. The summed E-state index contributed by atoms with van der Waals surface area (Å²) in [6.07, 6.45) is 2.62. The predicted octanol–water partition coefficient (Wildman–Crippen LogP) is 2.51. The maximum atomic E-state index is 11.0. The molecule has 3 nitrogen and oxygen atoms in total. The van der Waals surface area contributed by atoms with Crippen LogP contribution in [0, 0.1) is 0 Å². The summed E-state index contributed by atoms with van der Waals surface area (Å²) in [5.74, 6) is -0.745. The fraction of sp³-hybridized carbons (Fsp3) is 0.533. The molecule has 1 fully saturated rings. The molecule has 1 aromatic rings. The molecular weight excluding hydrogens is 228 g/mol. The van der Waals surface area contributed by atoms with E-state index in [2.05, 4.69) is 0 Å². The van der Waals surface area contributed by atoms with Crippen molar-refractivity contribution in [2.75, 3.05) is 0 Å². The summed E-state index contributed by atoms with van der Waals surface area (Å²) in [5, 5.41) is 19.0. The van der Waals surface area contributed by atoms with Gasteiger partial charge in [0.1, 0.15) is 0 Å². The van der Waals surface area contributed by atoms with Crippen molar-refractivity contribution >= 4 is 5.97 Å². The normalized spacial score (nSPS) is 17.5. The molecule has 2 rings (SSSR count). The molecule has 18 heavy (non-hydrogen) atoms. The van der Waals surface area contributed by atoms with E-state index in [1.807, 2.05) is 24.3 Å². The van der Waals surface area contributed by atoms with Crippen molar-refractivity contribution in [3.05, 3.63) is 35.4 Å². The van der Waals surface area contributed by atoms with Crippen LogP contribution in [0.5, 0.6) is 0 Å². The van der Waals surface area contributed by atoms with Crippen molar-refractivity contribution in [3.63, 3.8) is 0 Å². The fourth-order valence-corrected chi connectivity index (χ4v) is 2.64. The lowest BCUT2D eigenvalue weighted by Gasteiger charge is -2.23. The van der Waals surface area contributed by atoms with Crippen molar-refractivity contribution in [2.24, 2.45) is 0 Å². The highest BCUT2D eigenvalue weighted by atomic mass is 16.4. The van der Waals surface area contributed by atoms with Crippen molar-refractivity contribution < 1.29 is 15.0 Å². The topological polar surface area (TPSA) is 57.5 Å². The number of carboxylic acids is 1. The minimum atomic E-state index is -0.768. The third-order valence-corrected chi connectivity index (χ3v) is 3.55. The largest absolute Gasteiger partial charge is 0.481 e. The number of carbonyl (C=O) groups is 1. The first-order valence-electron chi connectivity index (χ1n) is 6.35. The van der Waals surface area contributed by atoms with E-state index in [1.54, 1.807) is 13.8 Å². The van der Waals surface area contributed by atoms with Crippen molar-refractivity contribution in [1.29, 1.82) is 0 Å². The van der Waals surface area contributed by atoms with Crippen molar-refractivity contribution in [3.8, 4) is 0 Å². The Morgan fingerprint density at radius 1 is 1.33 bits per heavy atom. The Morgan fingerprint density at radius 3 is 2.44 bits per heavy atom. The van der Waals surface area contributed by atoms with Crippen LogP contribution in [0.3, 0.4) is 0 Å². The summed E-state index contributed by atoms with van der Waals surface area (Å²) in [6.45, 7) is 3.56. The molecule has 0 saturated heterocycles. The summed E-state index contributed by atoms with van der Waals surface area (Å²) in [5.41, 5.74) is 1.22. The van der Waals surface area contributed by atoms with Gasteiger partial charge in [0.05, 0.1) is 12.0 Å². The average molecular weight is 248 g/mol. The third-order valence-electron chi connectivity index (χ3n) is 3.55. The van der Waals surface area contributed by atoms with Crippen LogP contribution in [0.4, 0.5) is 0 Å². The first-order valence-corrected chi connectivity index (χ1v) is 6.35. The van der Waals surface area contributed by atoms with Gasteiger partial charge in [-0.2, -0.15) is 0 Å². The Labute approximate surface area is 107 Å². The minimum absolute atomic E-state index is 0.187. The number of aliphatic carboxylic acids is 1. The molecule has 3 heteroatoms. The highest BCUT2D eigenvalue weighted by Gasteiger charge is 2.47. The molecule has 1 saturated carbocycles. The second kappa shape index (κ2) is 4.39. The zero-order chi connectivity index (χ0) is 13.4. The number of benzene rings is 1. The number of hydrogen-bond donors (Lipinski definition) is 2. The zero-order valence-corrected chi connectivity index (χ0v) is 10.9. The fourth-order valence-electron chi connectivity index (χ4n) is 2.64. The Kier molecular flexibility index (Phi) is 3.20. The quantitative estimate of drug-likeness (QED) is 0.841. The lowest BCUT2D eigenvalue weighted by atomic mass is 9.85. The van der Waals surface area contributed by atoms with E-state index in [0.717, 1.165) is 24.0 Å². The van der Waals surface area contributed by atoms with Gasteiger partial charge in [0, 0.05) is 11.8 Å². The maximum absolute atomic E-state index is 11.0. The molecular formula is C15H20O3. The summed E-state index contributed by atoms with van der Waals surface area (Å²) in [4.78, 5) is 11.0. The molecule has 0 radical (unpaired) electrons. The summed E-state index contributed by atoms with van der Waals surface area (Å²) >= 11 is 0. The molecule has 2 N–H and O–H groups in total. The second-order valence-electron chi connectivity index (χ2n) is 6.00. The van der Waals surface area contributed by atoms with Gasteiger partial charge in [0.25, 0.3) is 0 Å². The zero-order valence-electron chi connectivity index (χ0n) is 10.9.